The van der Waals surface area contributed by atoms with E-state index >= 15 is 0 Å². The van der Waals surface area contributed by atoms with E-state index in [2.05, 4.69) is 41.5 Å². The van der Waals surface area contributed by atoms with Gasteiger partial charge >= 0.3 is 0 Å². The van der Waals surface area contributed by atoms with Crippen LogP contribution < -0.4 is 0 Å². The maximum absolute atomic E-state index is 2.48. The highest BCUT2D eigenvalue weighted by atomic mass is 14.2. The monoisotopic (exact) mass is 310 g/mol. The molecule has 134 valence electrons. The third-order valence-electron chi connectivity index (χ3n) is 5.95. The molecule has 0 aromatic rings. The minimum atomic E-state index is 0.847. The SMILES string of the molecule is CCCCCCCCCCCC(C)C(C)CCC(C)C(C)C. The number of hydrogen-bond acceptors (Lipinski definition) is 0. The largest absolute Gasteiger partial charge is 0.0654 e. The summed E-state index contributed by atoms with van der Waals surface area (Å²) in [6, 6.07) is 0. The van der Waals surface area contributed by atoms with Gasteiger partial charge in [-0.1, -0.05) is 119 Å². The Labute approximate surface area is 142 Å². The summed E-state index contributed by atoms with van der Waals surface area (Å²) >= 11 is 0. The van der Waals surface area contributed by atoms with Crippen LogP contribution in [0, 0.1) is 23.7 Å². The molecule has 0 amide bonds. The summed E-state index contributed by atoms with van der Waals surface area (Å²) in [6.07, 6.45) is 17.4. The van der Waals surface area contributed by atoms with Gasteiger partial charge in [0.2, 0.25) is 0 Å². The van der Waals surface area contributed by atoms with Crippen molar-refractivity contribution in [3.8, 4) is 0 Å². The normalized spacial score (nSPS) is 16.0. The third-order valence-corrected chi connectivity index (χ3v) is 5.95. The van der Waals surface area contributed by atoms with Crippen molar-refractivity contribution in [2.75, 3.05) is 0 Å². The van der Waals surface area contributed by atoms with E-state index in [1.807, 2.05) is 0 Å². The molecule has 0 radical (unpaired) electrons. The topological polar surface area (TPSA) is 0 Å². The molecule has 0 spiro atoms. The van der Waals surface area contributed by atoms with Crippen LogP contribution in [0.5, 0.6) is 0 Å². The molecule has 22 heavy (non-hydrogen) atoms. The summed E-state index contributed by atoms with van der Waals surface area (Å²) in [7, 11) is 0. The van der Waals surface area contributed by atoms with Crippen LogP contribution in [-0.4, -0.2) is 0 Å². The van der Waals surface area contributed by atoms with Gasteiger partial charge in [-0.2, -0.15) is 0 Å². The highest BCUT2D eigenvalue weighted by Crippen LogP contribution is 2.26. The Morgan fingerprint density at radius 3 is 1.36 bits per heavy atom. The highest BCUT2D eigenvalue weighted by Gasteiger charge is 2.14. The lowest BCUT2D eigenvalue weighted by Crippen LogP contribution is -2.12. The number of unbranched alkanes of at least 4 members (excludes halogenated alkanes) is 8. The van der Waals surface area contributed by atoms with Crippen LogP contribution in [0.2, 0.25) is 0 Å². The summed E-state index contributed by atoms with van der Waals surface area (Å²) in [5.41, 5.74) is 0. The van der Waals surface area contributed by atoms with E-state index in [1.165, 1.54) is 77.0 Å². The smallest absolute Gasteiger partial charge is 0.0417 e. The Morgan fingerprint density at radius 1 is 0.455 bits per heavy atom. The van der Waals surface area contributed by atoms with Gasteiger partial charge in [0.15, 0.2) is 0 Å². The molecule has 0 aromatic carbocycles. The molecule has 0 saturated heterocycles. The molecule has 0 aromatic heterocycles. The summed E-state index contributed by atoms with van der Waals surface area (Å²) in [6.45, 7) is 14.4. The predicted molar refractivity (Wildman–Crippen MR) is 103 cm³/mol. The average molecular weight is 311 g/mol. The van der Waals surface area contributed by atoms with Crippen LogP contribution in [0.1, 0.15) is 119 Å². The maximum atomic E-state index is 2.48. The fourth-order valence-corrected chi connectivity index (χ4v) is 3.21. The van der Waals surface area contributed by atoms with Gasteiger partial charge in [-0.3, -0.25) is 0 Å². The zero-order valence-corrected chi connectivity index (χ0v) is 16.8. The van der Waals surface area contributed by atoms with Crippen LogP contribution in [0.3, 0.4) is 0 Å². The zero-order valence-electron chi connectivity index (χ0n) is 16.8. The van der Waals surface area contributed by atoms with Crippen molar-refractivity contribution in [1.29, 1.82) is 0 Å². The van der Waals surface area contributed by atoms with E-state index in [1.54, 1.807) is 0 Å². The fraction of sp³-hybridized carbons (Fsp3) is 1.00. The first-order chi connectivity index (χ1) is 10.5. The van der Waals surface area contributed by atoms with Crippen LogP contribution >= 0.6 is 0 Å². The first kappa shape index (κ1) is 22.0. The standard InChI is InChI=1S/C22H46/c1-7-8-9-10-11-12-13-14-15-16-21(5)22(6)18-17-20(4)19(2)3/h19-22H,7-18H2,1-6H3. The second-order valence-corrected chi connectivity index (χ2v) is 8.37. The first-order valence-electron chi connectivity index (χ1n) is 10.5. The summed E-state index contributed by atoms with van der Waals surface area (Å²) in [4.78, 5) is 0. The molecule has 0 bridgehead atoms. The Balaban J connectivity index is 3.46. The summed E-state index contributed by atoms with van der Waals surface area (Å²) in [5, 5.41) is 0. The molecule has 0 heteroatoms. The molecule has 0 fully saturated rings. The molecule has 0 aliphatic rings. The molecule has 0 N–H and O–H groups in total. The molecule has 0 rings (SSSR count). The van der Waals surface area contributed by atoms with Crippen LogP contribution in [-0.2, 0) is 0 Å². The van der Waals surface area contributed by atoms with E-state index in [9.17, 15) is 0 Å². The Hall–Kier alpha value is 0. The average Bonchev–Trinajstić information content (AvgIpc) is 2.50. The van der Waals surface area contributed by atoms with Gasteiger partial charge < -0.3 is 0 Å². The van der Waals surface area contributed by atoms with Gasteiger partial charge in [0, 0.05) is 0 Å². The van der Waals surface area contributed by atoms with Gasteiger partial charge in [-0.25, -0.2) is 0 Å². The van der Waals surface area contributed by atoms with Crippen molar-refractivity contribution in [1.82, 2.24) is 0 Å². The first-order valence-corrected chi connectivity index (χ1v) is 10.5. The molecule has 0 saturated carbocycles. The summed E-state index contributed by atoms with van der Waals surface area (Å²) < 4.78 is 0. The van der Waals surface area contributed by atoms with E-state index in [-0.39, 0.29) is 0 Å². The second-order valence-electron chi connectivity index (χ2n) is 8.37. The zero-order chi connectivity index (χ0) is 16.8. The van der Waals surface area contributed by atoms with Crippen molar-refractivity contribution < 1.29 is 0 Å². The lowest BCUT2D eigenvalue weighted by molar-refractivity contribution is 0.286. The van der Waals surface area contributed by atoms with Crippen molar-refractivity contribution in [2.45, 2.75) is 119 Å². The van der Waals surface area contributed by atoms with E-state index in [0.29, 0.717) is 0 Å². The Kier molecular flexibility index (Phi) is 14.6. The lowest BCUT2D eigenvalue weighted by Gasteiger charge is -2.23. The number of rotatable bonds is 15. The van der Waals surface area contributed by atoms with Crippen molar-refractivity contribution in [3.05, 3.63) is 0 Å². The predicted octanol–water partition coefficient (Wildman–Crippen LogP) is 8.25. The molecule has 3 unspecified atom stereocenters. The van der Waals surface area contributed by atoms with Gasteiger partial charge in [-0.05, 0) is 23.7 Å². The molecule has 0 aliphatic heterocycles. The van der Waals surface area contributed by atoms with Gasteiger partial charge in [0.05, 0.1) is 0 Å². The van der Waals surface area contributed by atoms with Crippen LogP contribution in [0.25, 0.3) is 0 Å². The van der Waals surface area contributed by atoms with E-state index < -0.39 is 0 Å². The van der Waals surface area contributed by atoms with E-state index in [4.69, 9.17) is 0 Å². The van der Waals surface area contributed by atoms with Gasteiger partial charge in [0.25, 0.3) is 0 Å². The van der Waals surface area contributed by atoms with Gasteiger partial charge in [-0.15, -0.1) is 0 Å². The van der Waals surface area contributed by atoms with E-state index in [0.717, 1.165) is 23.7 Å². The minimum absolute atomic E-state index is 0.847. The molecule has 0 nitrogen and oxygen atoms in total. The van der Waals surface area contributed by atoms with Crippen LogP contribution in [0.15, 0.2) is 0 Å². The molecular formula is C22H46. The van der Waals surface area contributed by atoms with Crippen molar-refractivity contribution in [3.63, 3.8) is 0 Å². The molecule has 0 aliphatic carbocycles. The Bertz CT molecular complexity index is 218. The molecule has 0 heterocycles. The highest BCUT2D eigenvalue weighted by molar-refractivity contribution is 4.66. The summed E-state index contributed by atoms with van der Waals surface area (Å²) in [5.74, 6) is 3.57. The van der Waals surface area contributed by atoms with Crippen molar-refractivity contribution in [2.24, 2.45) is 23.7 Å². The lowest BCUT2D eigenvalue weighted by atomic mass is 9.83. The van der Waals surface area contributed by atoms with Crippen molar-refractivity contribution >= 4 is 0 Å². The van der Waals surface area contributed by atoms with Crippen LogP contribution in [0.4, 0.5) is 0 Å². The quantitative estimate of drug-likeness (QED) is 0.267. The molecular weight excluding hydrogens is 264 g/mol. The molecule has 3 atom stereocenters. The third kappa shape index (κ3) is 12.5. The van der Waals surface area contributed by atoms with Gasteiger partial charge in [0.1, 0.15) is 0 Å². The second kappa shape index (κ2) is 14.6. The number of hydrogen-bond donors (Lipinski definition) is 0. The maximum Gasteiger partial charge on any atom is -0.0417 e. The Morgan fingerprint density at radius 2 is 0.864 bits per heavy atom. The fourth-order valence-electron chi connectivity index (χ4n) is 3.21. The minimum Gasteiger partial charge on any atom is -0.0654 e.